The highest BCUT2D eigenvalue weighted by Gasteiger charge is 2.06. The minimum atomic E-state index is 0.0440. The van der Waals surface area contributed by atoms with Crippen molar-refractivity contribution in [3.05, 3.63) is 53.6 Å². The number of ether oxygens (including phenoxy) is 2. The highest BCUT2D eigenvalue weighted by Crippen LogP contribution is 2.32. The molecule has 0 saturated heterocycles. The lowest BCUT2D eigenvalue weighted by molar-refractivity contribution is 0.281. The first kappa shape index (κ1) is 14.4. The van der Waals surface area contributed by atoms with Crippen molar-refractivity contribution in [2.75, 3.05) is 6.61 Å². The van der Waals surface area contributed by atoms with Gasteiger partial charge in [0.15, 0.2) is 11.5 Å². The fraction of sp³-hybridized carbons (Fsp3) is 0.294. The molecule has 0 unspecified atom stereocenters. The lowest BCUT2D eigenvalue weighted by Gasteiger charge is -2.13. The fourth-order valence-electron chi connectivity index (χ4n) is 1.90. The summed E-state index contributed by atoms with van der Waals surface area (Å²) in [7, 11) is 0. The van der Waals surface area contributed by atoms with Gasteiger partial charge in [-0.3, -0.25) is 0 Å². The normalized spacial score (nSPS) is 10.3. The third-order valence-corrected chi connectivity index (χ3v) is 3.02. The number of hydrogen-bond acceptors (Lipinski definition) is 3. The van der Waals surface area contributed by atoms with Crippen molar-refractivity contribution >= 4 is 0 Å². The summed E-state index contributed by atoms with van der Waals surface area (Å²) >= 11 is 0. The van der Waals surface area contributed by atoms with Gasteiger partial charge in [-0.25, -0.2) is 0 Å². The second-order valence-electron chi connectivity index (χ2n) is 4.64. The van der Waals surface area contributed by atoms with Crippen molar-refractivity contribution in [3.63, 3.8) is 0 Å². The maximum atomic E-state index is 9.18. The van der Waals surface area contributed by atoms with Crippen LogP contribution in [0.1, 0.15) is 24.5 Å². The third-order valence-electron chi connectivity index (χ3n) is 3.02. The summed E-state index contributed by atoms with van der Waals surface area (Å²) in [4.78, 5) is 0. The first-order valence-corrected chi connectivity index (χ1v) is 6.84. The van der Waals surface area contributed by atoms with E-state index in [1.54, 1.807) is 0 Å². The van der Waals surface area contributed by atoms with Crippen molar-refractivity contribution < 1.29 is 14.6 Å². The van der Waals surface area contributed by atoms with Gasteiger partial charge in [-0.15, -0.1) is 0 Å². The van der Waals surface area contributed by atoms with Crippen LogP contribution in [-0.4, -0.2) is 11.7 Å². The highest BCUT2D eigenvalue weighted by atomic mass is 16.5. The summed E-state index contributed by atoms with van der Waals surface area (Å²) in [6.45, 7) is 4.74. The molecule has 2 rings (SSSR count). The smallest absolute Gasteiger partial charge is 0.169 e. The van der Waals surface area contributed by atoms with Crippen LogP contribution in [0.2, 0.25) is 0 Å². The van der Waals surface area contributed by atoms with Crippen LogP contribution in [0.3, 0.4) is 0 Å². The van der Waals surface area contributed by atoms with Gasteiger partial charge >= 0.3 is 0 Å². The summed E-state index contributed by atoms with van der Waals surface area (Å²) in [6.07, 6.45) is 0.957. The van der Waals surface area contributed by atoms with E-state index in [-0.39, 0.29) is 6.61 Å². The van der Waals surface area contributed by atoms with Crippen molar-refractivity contribution in [2.24, 2.45) is 0 Å². The summed E-state index contributed by atoms with van der Waals surface area (Å²) in [5, 5.41) is 9.18. The maximum absolute atomic E-state index is 9.18. The zero-order valence-corrected chi connectivity index (χ0v) is 11.9. The molecule has 2 aromatic rings. The van der Waals surface area contributed by atoms with Crippen LogP contribution in [0.25, 0.3) is 0 Å². The Morgan fingerprint density at radius 1 is 1.05 bits per heavy atom. The maximum Gasteiger partial charge on any atom is 0.169 e. The van der Waals surface area contributed by atoms with E-state index in [9.17, 15) is 5.11 Å². The van der Waals surface area contributed by atoms with Crippen LogP contribution in [-0.2, 0) is 6.61 Å². The predicted molar refractivity (Wildman–Crippen MR) is 79.4 cm³/mol. The summed E-state index contributed by atoms with van der Waals surface area (Å²) < 4.78 is 11.5. The van der Waals surface area contributed by atoms with Gasteiger partial charge in [0.1, 0.15) is 5.75 Å². The van der Waals surface area contributed by atoms with Crippen molar-refractivity contribution in [3.8, 4) is 17.2 Å². The molecule has 0 fully saturated rings. The molecule has 0 saturated carbocycles. The van der Waals surface area contributed by atoms with E-state index in [0.29, 0.717) is 12.4 Å². The van der Waals surface area contributed by atoms with E-state index in [2.05, 4.69) is 6.92 Å². The molecule has 0 amide bonds. The number of rotatable bonds is 6. The van der Waals surface area contributed by atoms with E-state index >= 15 is 0 Å². The number of para-hydroxylation sites is 2. The van der Waals surface area contributed by atoms with E-state index < -0.39 is 0 Å². The molecule has 20 heavy (non-hydrogen) atoms. The molecule has 0 radical (unpaired) electrons. The molecule has 3 heteroatoms. The second-order valence-corrected chi connectivity index (χ2v) is 4.64. The van der Waals surface area contributed by atoms with Gasteiger partial charge in [-0.1, -0.05) is 25.1 Å². The molecule has 3 nitrogen and oxygen atoms in total. The van der Waals surface area contributed by atoms with Crippen LogP contribution < -0.4 is 9.47 Å². The Bertz CT molecular complexity index is 564. The first-order chi connectivity index (χ1) is 9.74. The molecule has 0 aliphatic rings. The van der Waals surface area contributed by atoms with E-state index in [0.717, 1.165) is 29.0 Å². The first-order valence-electron chi connectivity index (χ1n) is 6.84. The van der Waals surface area contributed by atoms with Gasteiger partial charge in [0.05, 0.1) is 13.2 Å². The molecule has 0 aliphatic carbocycles. The van der Waals surface area contributed by atoms with Crippen LogP contribution in [0.5, 0.6) is 17.2 Å². The van der Waals surface area contributed by atoms with Gasteiger partial charge in [0, 0.05) is 0 Å². The van der Waals surface area contributed by atoms with Gasteiger partial charge in [-0.05, 0) is 48.7 Å². The van der Waals surface area contributed by atoms with Crippen molar-refractivity contribution in [2.45, 2.75) is 26.9 Å². The standard InChI is InChI=1S/C17H20O3/c1-3-10-19-16-6-4-5-7-17(16)20-15-9-8-14(12-18)13(2)11-15/h4-9,11,18H,3,10,12H2,1-2H3. The number of benzene rings is 2. The Hall–Kier alpha value is -2.00. The molecule has 2 aromatic carbocycles. The Morgan fingerprint density at radius 3 is 2.45 bits per heavy atom. The van der Waals surface area contributed by atoms with Crippen LogP contribution in [0.4, 0.5) is 0 Å². The Labute approximate surface area is 119 Å². The van der Waals surface area contributed by atoms with Gasteiger partial charge < -0.3 is 14.6 Å². The van der Waals surface area contributed by atoms with Gasteiger partial charge in [0.25, 0.3) is 0 Å². The zero-order valence-electron chi connectivity index (χ0n) is 11.9. The number of aliphatic hydroxyl groups is 1. The van der Waals surface area contributed by atoms with E-state index in [4.69, 9.17) is 9.47 Å². The molecular weight excluding hydrogens is 252 g/mol. The fourth-order valence-corrected chi connectivity index (χ4v) is 1.90. The molecule has 0 bridgehead atoms. The minimum Gasteiger partial charge on any atom is -0.490 e. The average Bonchev–Trinajstić information content (AvgIpc) is 2.46. The molecule has 1 N–H and O–H groups in total. The summed E-state index contributed by atoms with van der Waals surface area (Å²) in [5.74, 6) is 2.20. The number of aryl methyl sites for hydroxylation is 1. The quantitative estimate of drug-likeness (QED) is 0.861. The Kier molecular flexibility index (Phi) is 5.02. The highest BCUT2D eigenvalue weighted by molar-refractivity contribution is 5.44. The van der Waals surface area contributed by atoms with Gasteiger partial charge in [0.2, 0.25) is 0 Å². The van der Waals surface area contributed by atoms with Crippen molar-refractivity contribution in [1.29, 1.82) is 0 Å². The van der Waals surface area contributed by atoms with Gasteiger partial charge in [-0.2, -0.15) is 0 Å². The van der Waals surface area contributed by atoms with Crippen LogP contribution in [0.15, 0.2) is 42.5 Å². The molecule has 0 aromatic heterocycles. The molecule has 0 spiro atoms. The average molecular weight is 272 g/mol. The number of hydrogen-bond donors (Lipinski definition) is 1. The largest absolute Gasteiger partial charge is 0.490 e. The van der Waals surface area contributed by atoms with Crippen molar-refractivity contribution in [1.82, 2.24) is 0 Å². The van der Waals surface area contributed by atoms with E-state index in [1.807, 2.05) is 49.4 Å². The number of aliphatic hydroxyl groups excluding tert-OH is 1. The lowest BCUT2D eigenvalue weighted by atomic mass is 10.1. The molecule has 0 aliphatic heterocycles. The van der Waals surface area contributed by atoms with Crippen LogP contribution in [0, 0.1) is 6.92 Å². The topological polar surface area (TPSA) is 38.7 Å². The van der Waals surface area contributed by atoms with E-state index in [1.165, 1.54) is 0 Å². The lowest BCUT2D eigenvalue weighted by Crippen LogP contribution is -1.97. The zero-order chi connectivity index (χ0) is 14.4. The molecule has 0 heterocycles. The summed E-state index contributed by atoms with van der Waals surface area (Å²) in [5.41, 5.74) is 1.92. The summed E-state index contributed by atoms with van der Waals surface area (Å²) in [6, 6.07) is 13.3. The molecule has 106 valence electrons. The SMILES string of the molecule is CCCOc1ccccc1Oc1ccc(CO)c(C)c1. The Balaban J connectivity index is 2.19. The monoisotopic (exact) mass is 272 g/mol. The molecule has 0 atom stereocenters. The van der Waals surface area contributed by atoms with Crippen LogP contribution >= 0.6 is 0 Å². The second kappa shape index (κ2) is 6.96. The Morgan fingerprint density at radius 2 is 1.80 bits per heavy atom. The third kappa shape index (κ3) is 3.52. The predicted octanol–water partition coefficient (Wildman–Crippen LogP) is 4.07. The minimum absolute atomic E-state index is 0.0440. The molecular formula is C17H20O3.